The summed E-state index contributed by atoms with van der Waals surface area (Å²) in [5, 5.41) is 7.49. The number of nitrogens with one attached hydrogen (secondary N) is 1. The van der Waals surface area contributed by atoms with Crippen LogP contribution in [0.15, 0.2) is 77.3 Å². The van der Waals surface area contributed by atoms with Crippen molar-refractivity contribution in [3.05, 3.63) is 104 Å². The number of esters is 1. The zero-order valence-corrected chi connectivity index (χ0v) is 24.8. The Bertz CT molecular complexity index is 1530. The summed E-state index contributed by atoms with van der Waals surface area (Å²) in [6.45, 7) is 3.01. The Morgan fingerprint density at radius 2 is 1.82 bits per heavy atom. The van der Waals surface area contributed by atoms with E-state index in [2.05, 4.69) is 21.4 Å². The molecule has 2 heterocycles. The van der Waals surface area contributed by atoms with Crippen molar-refractivity contribution in [3.8, 4) is 16.9 Å². The fraction of sp³-hybridized carbons (Fsp3) is 0.233. The van der Waals surface area contributed by atoms with Gasteiger partial charge >= 0.3 is 5.97 Å². The predicted octanol–water partition coefficient (Wildman–Crippen LogP) is 7.14. The molecule has 0 aliphatic carbocycles. The summed E-state index contributed by atoms with van der Waals surface area (Å²) in [5.74, 6) is -0.709. The van der Waals surface area contributed by atoms with E-state index >= 15 is 0 Å². The van der Waals surface area contributed by atoms with Crippen molar-refractivity contribution in [2.24, 2.45) is 0 Å². The van der Waals surface area contributed by atoms with Gasteiger partial charge in [-0.3, -0.25) is 10.2 Å². The summed E-state index contributed by atoms with van der Waals surface area (Å²) in [6, 6.07) is 21.9. The molecule has 7 nitrogen and oxygen atoms in total. The summed E-state index contributed by atoms with van der Waals surface area (Å²) in [5.41, 5.74) is 6.87. The van der Waals surface area contributed by atoms with Gasteiger partial charge in [0.15, 0.2) is 5.69 Å². The fourth-order valence-electron chi connectivity index (χ4n) is 4.83. The van der Waals surface area contributed by atoms with Gasteiger partial charge in [-0.2, -0.15) is 5.10 Å². The third-order valence-electron chi connectivity index (χ3n) is 6.73. The highest BCUT2D eigenvalue weighted by Gasteiger charge is 2.29. The second-order valence-electron chi connectivity index (χ2n) is 9.47. The van der Waals surface area contributed by atoms with Crippen LogP contribution in [0.3, 0.4) is 0 Å². The number of halogens is 3. The maximum atomic E-state index is 13.7. The Labute approximate surface area is 251 Å². The molecule has 1 aliphatic rings. The van der Waals surface area contributed by atoms with E-state index in [1.165, 1.54) is 0 Å². The summed E-state index contributed by atoms with van der Waals surface area (Å²) >= 11 is 16.2. The molecule has 3 aromatic carbocycles. The van der Waals surface area contributed by atoms with E-state index in [-0.39, 0.29) is 18.0 Å². The van der Waals surface area contributed by atoms with Crippen molar-refractivity contribution in [3.63, 3.8) is 0 Å². The Balaban J connectivity index is 1.42. The number of aromatic nitrogens is 2. The van der Waals surface area contributed by atoms with E-state index < -0.39 is 0 Å². The third kappa shape index (κ3) is 6.25. The van der Waals surface area contributed by atoms with Gasteiger partial charge in [-0.1, -0.05) is 76.4 Å². The summed E-state index contributed by atoms with van der Waals surface area (Å²) in [7, 11) is 0. The maximum absolute atomic E-state index is 13.7. The molecule has 0 radical (unpaired) electrons. The average Bonchev–Trinajstić information content (AvgIpc) is 3.33. The standard InChI is InChI=1S/C30H27BrCl2N4O3/c1-2-24-27(29(38)35-36-16-6-9-23(18-36)40-30(39)20-7-4-3-5-8-20)34-37(26-15-14-22(32)17-25(26)33)28(24)19-10-12-21(31)13-11-19/h3-5,7-8,10-15,17,23H,2,6,9,16,18H2,1H3,(H,35,38)/t23-/m0/s1. The quantitative estimate of drug-likeness (QED) is 0.217. The summed E-state index contributed by atoms with van der Waals surface area (Å²) in [4.78, 5) is 26.2. The summed E-state index contributed by atoms with van der Waals surface area (Å²) < 4.78 is 8.38. The van der Waals surface area contributed by atoms with Crippen molar-refractivity contribution in [1.82, 2.24) is 20.2 Å². The molecule has 10 heteroatoms. The number of piperidine rings is 1. The monoisotopic (exact) mass is 640 g/mol. The number of carbonyl (C=O) groups is 2. The van der Waals surface area contributed by atoms with Crippen LogP contribution >= 0.6 is 39.1 Å². The highest BCUT2D eigenvalue weighted by atomic mass is 79.9. The number of amides is 1. The molecule has 1 saturated heterocycles. The van der Waals surface area contributed by atoms with Crippen LogP contribution in [0.1, 0.15) is 46.2 Å². The van der Waals surface area contributed by atoms with Gasteiger partial charge in [-0.15, -0.1) is 0 Å². The Morgan fingerprint density at radius 3 is 2.52 bits per heavy atom. The van der Waals surface area contributed by atoms with E-state index in [0.717, 1.165) is 34.1 Å². The van der Waals surface area contributed by atoms with Crippen molar-refractivity contribution in [1.29, 1.82) is 0 Å². The zero-order chi connectivity index (χ0) is 28.2. The summed E-state index contributed by atoms with van der Waals surface area (Å²) in [6.07, 6.45) is 1.72. The van der Waals surface area contributed by atoms with Gasteiger partial charge in [-0.05, 0) is 61.7 Å². The molecule has 40 heavy (non-hydrogen) atoms. The fourth-order valence-corrected chi connectivity index (χ4v) is 5.58. The van der Waals surface area contributed by atoms with Crippen LogP contribution in [0.2, 0.25) is 10.0 Å². The normalized spacial score (nSPS) is 15.6. The SMILES string of the molecule is CCc1c(C(=O)NN2CCC[C@H](OC(=O)c3ccccc3)C2)nn(-c2ccc(Cl)cc2Cl)c1-c1ccc(Br)cc1. The average molecular weight is 642 g/mol. The van der Waals surface area contributed by atoms with Gasteiger partial charge in [0.1, 0.15) is 6.10 Å². The van der Waals surface area contributed by atoms with Crippen molar-refractivity contribution in [2.45, 2.75) is 32.3 Å². The molecule has 0 spiro atoms. The van der Waals surface area contributed by atoms with Crippen LogP contribution in [0.5, 0.6) is 0 Å². The molecule has 206 valence electrons. The zero-order valence-electron chi connectivity index (χ0n) is 21.7. The Hall–Kier alpha value is -3.17. The van der Waals surface area contributed by atoms with E-state index in [1.807, 2.05) is 37.3 Å². The van der Waals surface area contributed by atoms with Crippen molar-refractivity contribution in [2.75, 3.05) is 13.1 Å². The number of hydrogen-bond donors (Lipinski definition) is 1. The third-order valence-corrected chi connectivity index (χ3v) is 7.80. The largest absolute Gasteiger partial charge is 0.457 e. The lowest BCUT2D eigenvalue weighted by atomic mass is 10.0. The number of rotatable bonds is 7. The number of hydrogen-bond acceptors (Lipinski definition) is 5. The molecule has 4 aromatic rings. The van der Waals surface area contributed by atoms with Gasteiger partial charge in [0, 0.05) is 27.2 Å². The van der Waals surface area contributed by atoms with Crippen LogP contribution in [-0.2, 0) is 11.2 Å². The molecule has 1 aromatic heterocycles. The van der Waals surface area contributed by atoms with Crippen molar-refractivity contribution >= 4 is 51.0 Å². The van der Waals surface area contributed by atoms with Gasteiger partial charge < -0.3 is 4.74 Å². The Kier molecular flexibility index (Phi) is 8.90. The minimum atomic E-state index is -0.371. The minimum Gasteiger partial charge on any atom is -0.457 e. The van der Waals surface area contributed by atoms with Gasteiger partial charge in [0.2, 0.25) is 0 Å². The minimum absolute atomic E-state index is 0.301. The first-order valence-corrected chi connectivity index (χ1v) is 14.5. The van der Waals surface area contributed by atoms with Crippen LogP contribution in [-0.4, -0.2) is 45.9 Å². The topological polar surface area (TPSA) is 76.5 Å². The molecule has 5 rings (SSSR count). The number of benzene rings is 3. The predicted molar refractivity (Wildman–Crippen MR) is 160 cm³/mol. The van der Waals surface area contributed by atoms with E-state index in [4.69, 9.17) is 33.0 Å². The number of carbonyl (C=O) groups excluding carboxylic acids is 2. The first kappa shape index (κ1) is 28.4. The molecule has 0 saturated carbocycles. The molecule has 1 N–H and O–H groups in total. The van der Waals surface area contributed by atoms with Gasteiger partial charge in [-0.25, -0.2) is 14.5 Å². The van der Waals surface area contributed by atoms with Crippen LogP contribution in [0, 0.1) is 0 Å². The first-order chi connectivity index (χ1) is 19.3. The van der Waals surface area contributed by atoms with E-state index in [1.54, 1.807) is 52.2 Å². The lowest BCUT2D eigenvalue weighted by molar-refractivity contribution is -0.00205. The molecule has 1 fully saturated rings. The smallest absolute Gasteiger partial charge is 0.338 e. The molecule has 0 unspecified atom stereocenters. The highest BCUT2D eigenvalue weighted by Crippen LogP contribution is 2.34. The lowest BCUT2D eigenvalue weighted by Gasteiger charge is -2.32. The van der Waals surface area contributed by atoms with Gasteiger partial charge in [0.25, 0.3) is 5.91 Å². The van der Waals surface area contributed by atoms with E-state index in [9.17, 15) is 9.59 Å². The molecule has 1 aliphatic heterocycles. The number of ether oxygens (including phenoxy) is 1. The van der Waals surface area contributed by atoms with Gasteiger partial charge in [0.05, 0.1) is 28.5 Å². The second kappa shape index (κ2) is 12.6. The second-order valence-corrected chi connectivity index (χ2v) is 11.2. The molecule has 0 bridgehead atoms. The maximum Gasteiger partial charge on any atom is 0.338 e. The number of hydrazine groups is 1. The number of nitrogens with zero attached hydrogens (tertiary/aromatic N) is 3. The van der Waals surface area contributed by atoms with Crippen LogP contribution in [0.4, 0.5) is 0 Å². The molecule has 1 atom stereocenters. The molecular weight excluding hydrogens is 615 g/mol. The lowest BCUT2D eigenvalue weighted by Crippen LogP contribution is -2.50. The van der Waals surface area contributed by atoms with Crippen LogP contribution < -0.4 is 5.43 Å². The highest BCUT2D eigenvalue weighted by molar-refractivity contribution is 9.10. The molecule has 1 amide bonds. The van der Waals surface area contributed by atoms with E-state index in [0.29, 0.717) is 46.5 Å². The Morgan fingerprint density at radius 1 is 1.07 bits per heavy atom. The molecular formula is C30H27BrCl2N4O3. The first-order valence-electron chi connectivity index (χ1n) is 13.0. The van der Waals surface area contributed by atoms with Crippen molar-refractivity contribution < 1.29 is 14.3 Å². The van der Waals surface area contributed by atoms with Crippen LogP contribution in [0.25, 0.3) is 16.9 Å².